The Morgan fingerprint density at radius 1 is 1.33 bits per heavy atom. The van der Waals surface area contributed by atoms with Gasteiger partial charge in [0.15, 0.2) is 0 Å². The third-order valence-electron chi connectivity index (χ3n) is 1.58. The predicted octanol–water partition coefficient (Wildman–Crippen LogP) is 0.609. The number of nitrogens with one attached hydrogen (secondary N) is 1. The molecule has 1 amide bonds. The number of amides is 1. The molecule has 12 heavy (non-hydrogen) atoms. The van der Waals surface area contributed by atoms with Crippen LogP contribution in [0.5, 0.6) is 0 Å². The van der Waals surface area contributed by atoms with Crippen molar-refractivity contribution in [2.75, 3.05) is 34.2 Å². The monoisotopic (exact) mass is 173 g/mol. The van der Waals surface area contributed by atoms with Crippen LogP contribution in [0.1, 0.15) is 19.8 Å². The van der Waals surface area contributed by atoms with E-state index in [2.05, 4.69) is 26.5 Å². The number of hydrogen-bond acceptors (Lipinski definition) is 1. The van der Waals surface area contributed by atoms with Crippen molar-refractivity contribution in [3.63, 3.8) is 0 Å². The van der Waals surface area contributed by atoms with Gasteiger partial charge in [0.1, 0.15) is 0 Å². The molecule has 72 valence electrons. The highest BCUT2D eigenvalue weighted by atomic mass is 16.1. The lowest BCUT2D eigenvalue weighted by Crippen LogP contribution is -2.41. The summed E-state index contributed by atoms with van der Waals surface area (Å²) in [6.45, 7) is 3.77. The molecule has 0 aliphatic carbocycles. The molecule has 3 heteroatoms. The van der Waals surface area contributed by atoms with Gasteiger partial charge in [0.2, 0.25) is 5.91 Å². The van der Waals surface area contributed by atoms with Crippen molar-refractivity contribution in [1.29, 1.82) is 0 Å². The molecule has 0 spiro atoms. The van der Waals surface area contributed by atoms with Crippen LogP contribution in [0, 0.1) is 0 Å². The van der Waals surface area contributed by atoms with Gasteiger partial charge in [-0.25, -0.2) is 0 Å². The fourth-order valence-electron chi connectivity index (χ4n) is 0.846. The number of rotatable bonds is 5. The van der Waals surface area contributed by atoms with Crippen molar-refractivity contribution in [3.8, 4) is 0 Å². The summed E-state index contributed by atoms with van der Waals surface area (Å²) in [5.41, 5.74) is 0. The summed E-state index contributed by atoms with van der Waals surface area (Å²) in [5, 5.41) is 2.89. The molecule has 1 N–H and O–H groups in total. The van der Waals surface area contributed by atoms with E-state index < -0.39 is 0 Å². The minimum atomic E-state index is 0.172. The van der Waals surface area contributed by atoms with E-state index in [1.54, 1.807) is 0 Å². The number of nitrogens with zero attached hydrogens (tertiary/aromatic N) is 1. The van der Waals surface area contributed by atoms with Crippen LogP contribution in [0.2, 0.25) is 0 Å². The second kappa shape index (κ2) is 5.14. The average Bonchev–Trinajstić information content (AvgIpc) is 1.84. The molecule has 0 aromatic carbocycles. The van der Waals surface area contributed by atoms with Gasteiger partial charge in [-0.1, -0.05) is 6.92 Å². The molecule has 0 aromatic rings. The van der Waals surface area contributed by atoms with E-state index in [0.717, 1.165) is 24.0 Å². The van der Waals surface area contributed by atoms with Gasteiger partial charge in [-0.05, 0) is 6.42 Å². The maximum Gasteiger partial charge on any atom is 0.220 e. The van der Waals surface area contributed by atoms with Gasteiger partial charge in [0.25, 0.3) is 0 Å². The minimum Gasteiger partial charge on any atom is -0.350 e. The van der Waals surface area contributed by atoms with E-state index in [-0.39, 0.29) is 5.91 Å². The molecule has 0 heterocycles. The minimum absolute atomic E-state index is 0.172. The van der Waals surface area contributed by atoms with E-state index in [1.807, 2.05) is 6.92 Å². The van der Waals surface area contributed by atoms with Crippen LogP contribution in [0.15, 0.2) is 0 Å². The molecule has 0 bridgehead atoms. The second-order valence-electron chi connectivity index (χ2n) is 4.11. The molecule has 0 atom stereocenters. The first-order chi connectivity index (χ1) is 5.45. The summed E-state index contributed by atoms with van der Waals surface area (Å²) in [7, 11) is 6.35. The van der Waals surface area contributed by atoms with Gasteiger partial charge >= 0.3 is 0 Å². The van der Waals surface area contributed by atoms with Crippen LogP contribution in [-0.4, -0.2) is 44.6 Å². The van der Waals surface area contributed by atoms with E-state index in [1.165, 1.54) is 0 Å². The molecular weight excluding hydrogens is 152 g/mol. The normalized spacial score (nSPS) is 11.3. The highest BCUT2D eigenvalue weighted by molar-refractivity contribution is 5.75. The Labute approximate surface area is 75.3 Å². The van der Waals surface area contributed by atoms with Gasteiger partial charge in [0, 0.05) is 6.42 Å². The van der Waals surface area contributed by atoms with E-state index >= 15 is 0 Å². The molecule has 0 aromatic heterocycles. The molecule has 0 fully saturated rings. The zero-order valence-corrected chi connectivity index (χ0v) is 8.68. The van der Waals surface area contributed by atoms with Crippen LogP contribution < -0.4 is 5.32 Å². The summed E-state index contributed by atoms with van der Waals surface area (Å²) < 4.78 is 0.895. The van der Waals surface area contributed by atoms with Crippen molar-refractivity contribution in [1.82, 2.24) is 5.32 Å². The van der Waals surface area contributed by atoms with Crippen LogP contribution in [0.3, 0.4) is 0 Å². The number of carbonyl (C=O) groups is 1. The van der Waals surface area contributed by atoms with Crippen molar-refractivity contribution < 1.29 is 9.28 Å². The molecule has 0 aliphatic heterocycles. The predicted molar refractivity (Wildman–Crippen MR) is 50.8 cm³/mol. The molecule has 0 saturated heterocycles. The SMILES string of the molecule is CCCC(=O)NCC[N+](C)(C)C. The Balaban J connectivity index is 3.37. The fraction of sp³-hybridized carbons (Fsp3) is 0.889. The fourth-order valence-corrected chi connectivity index (χ4v) is 0.846. The molecular formula is C9H21N2O+. The maximum absolute atomic E-state index is 11.0. The highest BCUT2D eigenvalue weighted by Crippen LogP contribution is 1.88. The Bertz CT molecular complexity index is 138. The van der Waals surface area contributed by atoms with Crippen LogP contribution in [0.25, 0.3) is 0 Å². The number of likely N-dealkylation sites (N-methyl/N-ethyl adjacent to an activating group) is 1. The second-order valence-corrected chi connectivity index (χ2v) is 4.11. The van der Waals surface area contributed by atoms with Crippen LogP contribution in [-0.2, 0) is 4.79 Å². The molecule has 0 rings (SSSR count). The van der Waals surface area contributed by atoms with E-state index in [0.29, 0.717) is 6.42 Å². The number of quaternary nitrogens is 1. The summed E-state index contributed by atoms with van der Waals surface area (Å²) in [6.07, 6.45) is 1.58. The van der Waals surface area contributed by atoms with Crippen molar-refractivity contribution in [2.45, 2.75) is 19.8 Å². The van der Waals surface area contributed by atoms with Gasteiger partial charge < -0.3 is 9.80 Å². The lowest BCUT2D eigenvalue weighted by molar-refractivity contribution is -0.869. The smallest absolute Gasteiger partial charge is 0.220 e. The lowest BCUT2D eigenvalue weighted by atomic mass is 10.3. The standard InChI is InChI=1S/C9H20N2O/c1-5-6-9(12)10-7-8-11(2,3)4/h5-8H2,1-4H3/p+1. The lowest BCUT2D eigenvalue weighted by Gasteiger charge is -2.23. The molecule has 0 radical (unpaired) electrons. The summed E-state index contributed by atoms with van der Waals surface area (Å²) in [6, 6.07) is 0. The van der Waals surface area contributed by atoms with Crippen LogP contribution in [0.4, 0.5) is 0 Å². The zero-order chi connectivity index (χ0) is 9.61. The van der Waals surface area contributed by atoms with Gasteiger partial charge in [-0.3, -0.25) is 4.79 Å². The molecule has 0 aliphatic rings. The third-order valence-corrected chi connectivity index (χ3v) is 1.58. The van der Waals surface area contributed by atoms with Gasteiger partial charge in [0.05, 0.1) is 34.2 Å². The third kappa shape index (κ3) is 7.54. The number of carbonyl (C=O) groups excluding carboxylic acids is 1. The quantitative estimate of drug-likeness (QED) is 0.606. The van der Waals surface area contributed by atoms with Gasteiger partial charge in [-0.2, -0.15) is 0 Å². The average molecular weight is 173 g/mol. The Hall–Kier alpha value is -0.570. The van der Waals surface area contributed by atoms with Crippen molar-refractivity contribution in [3.05, 3.63) is 0 Å². The summed E-state index contributed by atoms with van der Waals surface area (Å²) in [5.74, 6) is 0.172. The Morgan fingerprint density at radius 3 is 2.33 bits per heavy atom. The molecule has 0 unspecified atom stereocenters. The maximum atomic E-state index is 11.0. The van der Waals surface area contributed by atoms with Crippen molar-refractivity contribution in [2.24, 2.45) is 0 Å². The largest absolute Gasteiger partial charge is 0.350 e. The Kier molecular flexibility index (Phi) is 4.90. The summed E-state index contributed by atoms with van der Waals surface area (Å²) in [4.78, 5) is 11.0. The van der Waals surface area contributed by atoms with E-state index in [4.69, 9.17) is 0 Å². The van der Waals surface area contributed by atoms with Gasteiger partial charge in [-0.15, -0.1) is 0 Å². The first-order valence-corrected chi connectivity index (χ1v) is 4.53. The first kappa shape index (κ1) is 11.4. The van der Waals surface area contributed by atoms with Crippen molar-refractivity contribution >= 4 is 5.91 Å². The topological polar surface area (TPSA) is 29.1 Å². The Morgan fingerprint density at radius 2 is 1.92 bits per heavy atom. The highest BCUT2D eigenvalue weighted by Gasteiger charge is 2.06. The molecule has 0 saturated carbocycles. The van der Waals surface area contributed by atoms with Crippen LogP contribution >= 0.6 is 0 Å². The van der Waals surface area contributed by atoms with E-state index in [9.17, 15) is 4.79 Å². The molecule has 3 nitrogen and oxygen atoms in total. The first-order valence-electron chi connectivity index (χ1n) is 4.53. The summed E-state index contributed by atoms with van der Waals surface area (Å²) >= 11 is 0. The zero-order valence-electron chi connectivity index (χ0n) is 8.68. The number of hydrogen-bond donors (Lipinski definition) is 1.